The third kappa shape index (κ3) is 0.970. The Morgan fingerprint density at radius 3 is 3.00 bits per heavy atom. The Labute approximate surface area is 69.8 Å². The maximum absolute atomic E-state index is 10.8. The first-order valence-corrected chi connectivity index (χ1v) is 3.79. The molecule has 2 aromatic rings. The number of nitrogens with one attached hydrogen (secondary N) is 2. The van der Waals surface area contributed by atoms with Gasteiger partial charge < -0.3 is 9.97 Å². The second kappa shape index (κ2) is 2.20. The molecule has 0 aliphatic heterocycles. The molecule has 0 radical (unpaired) electrons. The number of nitrogens with zero attached hydrogens (tertiary/aromatic N) is 1. The van der Waals surface area contributed by atoms with Crippen LogP contribution in [0.4, 0.5) is 0 Å². The number of H-pyrrole nitrogens is 2. The monoisotopic (exact) mass is 213 g/mol. The molecule has 0 aliphatic rings. The van der Waals surface area contributed by atoms with Crippen LogP contribution in [0.15, 0.2) is 21.7 Å². The van der Waals surface area contributed by atoms with Crippen molar-refractivity contribution in [3.63, 3.8) is 0 Å². The van der Waals surface area contributed by atoms with E-state index in [1.54, 1.807) is 12.3 Å². The molecule has 0 spiro atoms. The van der Waals surface area contributed by atoms with Crippen LogP contribution >= 0.6 is 15.9 Å². The summed E-state index contributed by atoms with van der Waals surface area (Å²) in [5.41, 5.74) is 1.25. The zero-order valence-corrected chi connectivity index (χ0v) is 6.97. The minimum absolute atomic E-state index is 0.214. The first-order valence-electron chi connectivity index (χ1n) is 3.00. The molecule has 0 unspecified atom stereocenters. The van der Waals surface area contributed by atoms with Gasteiger partial charge in [0.25, 0.3) is 0 Å². The summed E-state index contributed by atoms with van der Waals surface area (Å²) in [6, 6.07) is 1.73. The summed E-state index contributed by atoms with van der Waals surface area (Å²) in [7, 11) is 0. The lowest BCUT2D eigenvalue weighted by molar-refractivity contribution is 1.21. The van der Waals surface area contributed by atoms with Crippen molar-refractivity contribution in [1.82, 2.24) is 15.0 Å². The summed E-state index contributed by atoms with van der Waals surface area (Å²) in [6.45, 7) is 0. The van der Waals surface area contributed by atoms with E-state index in [0.717, 1.165) is 5.52 Å². The summed E-state index contributed by atoms with van der Waals surface area (Å²) in [6.07, 6.45) is 1.62. The van der Waals surface area contributed by atoms with Gasteiger partial charge in [-0.3, -0.25) is 0 Å². The third-order valence-electron chi connectivity index (χ3n) is 1.39. The van der Waals surface area contributed by atoms with Crippen molar-refractivity contribution in [1.29, 1.82) is 0 Å². The second-order valence-corrected chi connectivity index (χ2v) is 2.85. The van der Waals surface area contributed by atoms with Gasteiger partial charge in [0.15, 0.2) is 0 Å². The van der Waals surface area contributed by atoms with E-state index in [0.29, 0.717) is 10.1 Å². The lowest BCUT2D eigenvalue weighted by atomic mass is 10.4. The van der Waals surface area contributed by atoms with Crippen LogP contribution in [-0.4, -0.2) is 15.0 Å². The number of hydrogen-bond donors (Lipinski definition) is 2. The van der Waals surface area contributed by atoms with E-state index in [1.165, 1.54) is 0 Å². The minimum atomic E-state index is -0.214. The van der Waals surface area contributed by atoms with Gasteiger partial charge in [-0.2, -0.15) is 0 Å². The van der Waals surface area contributed by atoms with Crippen molar-refractivity contribution in [2.45, 2.75) is 0 Å². The lowest BCUT2D eigenvalue weighted by Gasteiger charge is -1.88. The molecule has 56 valence electrons. The predicted molar refractivity (Wildman–Crippen MR) is 44.4 cm³/mol. The molecule has 0 atom stereocenters. The SMILES string of the molecule is O=c1[nH]c2ccnc(Br)c2[nH]1. The van der Waals surface area contributed by atoms with Crippen LogP contribution in [0, 0.1) is 0 Å². The summed E-state index contributed by atoms with van der Waals surface area (Å²) >= 11 is 3.21. The maximum atomic E-state index is 10.8. The lowest BCUT2D eigenvalue weighted by Crippen LogP contribution is -1.99. The molecule has 0 aliphatic carbocycles. The van der Waals surface area contributed by atoms with Gasteiger partial charge in [0.05, 0.1) is 11.0 Å². The smallest absolute Gasteiger partial charge is 0.306 e. The second-order valence-electron chi connectivity index (χ2n) is 2.10. The van der Waals surface area contributed by atoms with E-state index >= 15 is 0 Å². The molecule has 0 saturated heterocycles. The van der Waals surface area contributed by atoms with Gasteiger partial charge in [-0.25, -0.2) is 9.78 Å². The van der Waals surface area contributed by atoms with Gasteiger partial charge in [-0.15, -0.1) is 0 Å². The molecule has 0 amide bonds. The van der Waals surface area contributed by atoms with Crippen LogP contribution in [0.2, 0.25) is 0 Å². The van der Waals surface area contributed by atoms with Crippen molar-refractivity contribution in [2.75, 3.05) is 0 Å². The van der Waals surface area contributed by atoms with Gasteiger partial charge in [0.2, 0.25) is 0 Å². The van der Waals surface area contributed by atoms with Crippen molar-refractivity contribution >= 4 is 27.0 Å². The van der Waals surface area contributed by atoms with Crippen LogP contribution in [0.25, 0.3) is 11.0 Å². The molecular formula is C6H4BrN3O. The molecule has 0 bridgehead atoms. The summed E-state index contributed by atoms with van der Waals surface area (Å²) in [4.78, 5) is 20.0. The summed E-state index contributed by atoms with van der Waals surface area (Å²) in [5.74, 6) is 0. The average molecular weight is 214 g/mol. The third-order valence-corrected chi connectivity index (χ3v) is 1.99. The van der Waals surface area contributed by atoms with Crippen LogP contribution in [0.1, 0.15) is 0 Å². The van der Waals surface area contributed by atoms with E-state index in [-0.39, 0.29) is 5.69 Å². The number of imidazole rings is 1. The number of halogens is 1. The van der Waals surface area contributed by atoms with Gasteiger partial charge >= 0.3 is 5.69 Å². The zero-order chi connectivity index (χ0) is 7.84. The molecule has 2 N–H and O–H groups in total. The van der Waals surface area contributed by atoms with Gasteiger partial charge in [0, 0.05) is 6.20 Å². The minimum Gasteiger partial charge on any atom is -0.306 e. The number of fused-ring (bicyclic) bond motifs is 1. The Balaban J connectivity index is 3.01. The fourth-order valence-corrected chi connectivity index (χ4v) is 1.36. The van der Waals surface area contributed by atoms with E-state index in [1.807, 2.05) is 0 Å². The highest BCUT2D eigenvalue weighted by Crippen LogP contribution is 2.14. The molecular weight excluding hydrogens is 210 g/mol. The Morgan fingerprint density at radius 2 is 2.27 bits per heavy atom. The van der Waals surface area contributed by atoms with Gasteiger partial charge in [0.1, 0.15) is 4.60 Å². The maximum Gasteiger partial charge on any atom is 0.323 e. The quantitative estimate of drug-likeness (QED) is 0.643. The Hall–Kier alpha value is -1.10. The number of aromatic nitrogens is 3. The summed E-state index contributed by atoms with van der Waals surface area (Å²) < 4.78 is 0.647. The largest absolute Gasteiger partial charge is 0.323 e. The number of rotatable bonds is 0. The highest BCUT2D eigenvalue weighted by atomic mass is 79.9. The molecule has 4 nitrogen and oxygen atoms in total. The van der Waals surface area contributed by atoms with Crippen molar-refractivity contribution < 1.29 is 0 Å². The van der Waals surface area contributed by atoms with Crippen molar-refractivity contribution in [3.05, 3.63) is 27.4 Å². The fourth-order valence-electron chi connectivity index (χ4n) is 0.926. The first kappa shape index (κ1) is 6.60. The highest BCUT2D eigenvalue weighted by molar-refractivity contribution is 9.10. The molecule has 0 saturated carbocycles. The van der Waals surface area contributed by atoms with E-state index in [2.05, 4.69) is 30.9 Å². The Bertz CT molecular complexity index is 444. The Kier molecular flexibility index (Phi) is 1.32. The van der Waals surface area contributed by atoms with Crippen molar-refractivity contribution in [2.24, 2.45) is 0 Å². The van der Waals surface area contributed by atoms with Crippen LogP contribution < -0.4 is 5.69 Å². The summed E-state index contributed by atoms with van der Waals surface area (Å²) in [5, 5.41) is 0. The van der Waals surface area contributed by atoms with E-state index in [4.69, 9.17) is 0 Å². The molecule has 2 heterocycles. The Morgan fingerprint density at radius 1 is 1.45 bits per heavy atom. The molecule has 0 fully saturated rings. The first-order chi connectivity index (χ1) is 5.27. The average Bonchev–Trinajstić information content (AvgIpc) is 2.31. The zero-order valence-electron chi connectivity index (χ0n) is 5.39. The molecule has 11 heavy (non-hydrogen) atoms. The molecule has 2 rings (SSSR count). The normalized spacial score (nSPS) is 10.6. The van der Waals surface area contributed by atoms with Crippen molar-refractivity contribution in [3.8, 4) is 0 Å². The molecule has 0 aromatic carbocycles. The van der Waals surface area contributed by atoms with Gasteiger partial charge in [-0.05, 0) is 22.0 Å². The fraction of sp³-hybridized carbons (Fsp3) is 0. The molecule has 2 aromatic heterocycles. The standard InChI is InChI=1S/C6H4BrN3O/c7-5-4-3(1-2-8-5)9-6(11)10-4/h1-2H,(H2,9,10,11). The number of hydrogen-bond acceptors (Lipinski definition) is 2. The molecule has 5 heteroatoms. The predicted octanol–water partition coefficient (Wildman–Crippen LogP) is 1.01. The highest BCUT2D eigenvalue weighted by Gasteiger charge is 2.00. The number of pyridine rings is 1. The topological polar surface area (TPSA) is 61.5 Å². The van der Waals surface area contributed by atoms with E-state index < -0.39 is 0 Å². The van der Waals surface area contributed by atoms with Crippen LogP contribution in [0.3, 0.4) is 0 Å². The van der Waals surface area contributed by atoms with Crippen LogP contribution in [-0.2, 0) is 0 Å². The van der Waals surface area contributed by atoms with Crippen LogP contribution in [0.5, 0.6) is 0 Å². The van der Waals surface area contributed by atoms with Gasteiger partial charge in [-0.1, -0.05) is 0 Å². The number of aromatic amines is 2. The van der Waals surface area contributed by atoms with E-state index in [9.17, 15) is 4.79 Å².